The smallest absolute Gasteiger partial charge is 0.338 e. The molecule has 0 spiro atoms. The predicted molar refractivity (Wildman–Crippen MR) is 107 cm³/mol. The van der Waals surface area contributed by atoms with Gasteiger partial charge in [-0.1, -0.05) is 17.7 Å². The monoisotopic (exact) mass is 424 g/mol. The van der Waals surface area contributed by atoms with Gasteiger partial charge in [0.25, 0.3) is 5.91 Å². The van der Waals surface area contributed by atoms with Crippen molar-refractivity contribution in [1.29, 1.82) is 0 Å². The summed E-state index contributed by atoms with van der Waals surface area (Å²) in [5, 5.41) is 2.63. The molecule has 0 heterocycles. The molecule has 0 aliphatic carbocycles. The Bertz CT molecular complexity index is 999. The van der Waals surface area contributed by atoms with E-state index in [1.54, 1.807) is 12.1 Å². The van der Waals surface area contributed by atoms with Crippen LogP contribution in [0.4, 0.5) is 5.69 Å². The first-order valence-electron chi connectivity index (χ1n) is 8.28. The molecule has 0 aliphatic rings. The van der Waals surface area contributed by atoms with Crippen molar-refractivity contribution in [3.8, 4) is 0 Å². The molecule has 1 N–H and O–H groups in total. The fourth-order valence-electron chi connectivity index (χ4n) is 2.48. The fraction of sp³-hybridized carbons (Fsp3) is 0.263. The Morgan fingerprint density at radius 1 is 1.07 bits per heavy atom. The lowest BCUT2D eigenvalue weighted by molar-refractivity contribution is -0.119. The van der Waals surface area contributed by atoms with Crippen LogP contribution >= 0.6 is 11.6 Å². The molecule has 0 aromatic heterocycles. The van der Waals surface area contributed by atoms with Crippen LogP contribution in [0.15, 0.2) is 41.3 Å². The lowest BCUT2D eigenvalue weighted by atomic mass is 10.1. The maximum atomic E-state index is 12.3. The van der Waals surface area contributed by atoms with E-state index in [4.69, 9.17) is 16.3 Å². The van der Waals surface area contributed by atoms with Crippen molar-refractivity contribution >= 4 is 39.2 Å². The number of nitrogens with zero attached hydrogens (tertiary/aromatic N) is 1. The second-order valence-corrected chi connectivity index (χ2v) is 8.96. The van der Waals surface area contributed by atoms with Gasteiger partial charge in [0.2, 0.25) is 10.0 Å². The first-order chi connectivity index (χ1) is 13.0. The topological polar surface area (TPSA) is 92.8 Å². The molecule has 9 heteroatoms. The van der Waals surface area contributed by atoms with Gasteiger partial charge < -0.3 is 10.1 Å². The summed E-state index contributed by atoms with van der Waals surface area (Å²) >= 11 is 5.95. The summed E-state index contributed by atoms with van der Waals surface area (Å²) in [6, 6.07) is 9.32. The summed E-state index contributed by atoms with van der Waals surface area (Å²) in [7, 11) is -1.12. The van der Waals surface area contributed by atoms with Gasteiger partial charge in [-0.15, -0.1) is 0 Å². The molecule has 7 nitrogen and oxygen atoms in total. The van der Waals surface area contributed by atoms with Gasteiger partial charge in [-0.2, -0.15) is 0 Å². The van der Waals surface area contributed by atoms with Gasteiger partial charge in [-0.05, 0) is 55.3 Å². The summed E-state index contributed by atoms with van der Waals surface area (Å²) < 4.78 is 30.5. The maximum absolute atomic E-state index is 12.3. The van der Waals surface area contributed by atoms with Crippen LogP contribution in [0, 0.1) is 13.8 Å². The largest absolute Gasteiger partial charge is 0.452 e. The summed E-state index contributed by atoms with van der Waals surface area (Å²) in [6.07, 6.45) is 0. The second kappa shape index (κ2) is 8.72. The molecule has 0 atom stereocenters. The number of nitrogens with one attached hydrogen (secondary N) is 1. The average Bonchev–Trinajstić information content (AvgIpc) is 2.58. The molecule has 150 valence electrons. The Kier molecular flexibility index (Phi) is 6.82. The minimum absolute atomic E-state index is 0.0159. The number of carbonyl (C=O) groups is 2. The summed E-state index contributed by atoms with van der Waals surface area (Å²) in [5.41, 5.74) is 2.56. The first-order valence-corrected chi connectivity index (χ1v) is 10.1. The number of rotatable bonds is 6. The van der Waals surface area contributed by atoms with E-state index in [-0.39, 0.29) is 15.5 Å². The van der Waals surface area contributed by atoms with E-state index in [0.29, 0.717) is 5.69 Å². The Morgan fingerprint density at radius 2 is 1.68 bits per heavy atom. The van der Waals surface area contributed by atoms with Crippen LogP contribution in [-0.4, -0.2) is 45.3 Å². The lowest BCUT2D eigenvalue weighted by Gasteiger charge is -2.13. The molecule has 0 unspecified atom stereocenters. The van der Waals surface area contributed by atoms with Gasteiger partial charge in [0.15, 0.2) is 6.61 Å². The molecular weight excluding hydrogens is 404 g/mol. The number of hydrogen-bond acceptors (Lipinski definition) is 5. The van der Waals surface area contributed by atoms with Gasteiger partial charge in [0.05, 0.1) is 10.6 Å². The zero-order chi connectivity index (χ0) is 21.1. The van der Waals surface area contributed by atoms with Crippen LogP contribution in [0.1, 0.15) is 21.5 Å². The zero-order valence-corrected chi connectivity index (χ0v) is 17.5. The van der Waals surface area contributed by atoms with E-state index in [1.165, 1.54) is 26.2 Å². The number of aryl methyl sites for hydroxylation is 2. The maximum Gasteiger partial charge on any atom is 0.338 e. The van der Waals surface area contributed by atoms with Crippen molar-refractivity contribution in [3.05, 3.63) is 58.1 Å². The number of carbonyl (C=O) groups excluding carboxylic acids is 2. The number of hydrogen-bond donors (Lipinski definition) is 1. The second-order valence-electron chi connectivity index (χ2n) is 6.43. The zero-order valence-electron chi connectivity index (χ0n) is 15.9. The molecule has 0 bridgehead atoms. The number of halogens is 1. The van der Waals surface area contributed by atoms with Crippen LogP contribution in [0.25, 0.3) is 0 Å². The minimum atomic E-state index is -3.83. The first kappa shape index (κ1) is 21.9. The van der Waals surface area contributed by atoms with Crippen LogP contribution in [0.5, 0.6) is 0 Å². The molecule has 0 radical (unpaired) electrons. The standard InChI is InChI=1S/C19H21ClN2O5S/c1-12-7-13(2)9-15(8-12)21-18(23)11-27-19(24)14-5-6-16(20)17(10-14)28(25,26)22(3)4/h5-10H,11H2,1-4H3,(H,21,23). The summed E-state index contributed by atoms with van der Waals surface area (Å²) in [5.74, 6) is -1.34. The highest BCUT2D eigenvalue weighted by atomic mass is 35.5. The van der Waals surface area contributed by atoms with E-state index in [0.717, 1.165) is 21.5 Å². The molecule has 2 aromatic carbocycles. The molecule has 0 saturated heterocycles. The number of amides is 1. The number of anilines is 1. The van der Waals surface area contributed by atoms with Crippen molar-refractivity contribution in [2.24, 2.45) is 0 Å². The van der Waals surface area contributed by atoms with Crippen LogP contribution < -0.4 is 5.32 Å². The van der Waals surface area contributed by atoms with E-state index in [1.807, 2.05) is 19.9 Å². The number of benzene rings is 2. The van der Waals surface area contributed by atoms with Crippen LogP contribution in [-0.2, 0) is 19.6 Å². The highest BCUT2D eigenvalue weighted by molar-refractivity contribution is 7.89. The van der Waals surface area contributed by atoms with Crippen LogP contribution in [0.3, 0.4) is 0 Å². The van der Waals surface area contributed by atoms with Crippen molar-refractivity contribution in [1.82, 2.24) is 4.31 Å². The highest BCUT2D eigenvalue weighted by Crippen LogP contribution is 2.25. The van der Waals surface area contributed by atoms with Crippen LogP contribution in [0.2, 0.25) is 5.02 Å². The molecule has 28 heavy (non-hydrogen) atoms. The molecule has 0 fully saturated rings. The number of esters is 1. The third-order valence-electron chi connectivity index (χ3n) is 3.77. The van der Waals surface area contributed by atoms with Gasteiger partial charge in [0, 0.05) is 19.8 Å². The van der Waals surface area contributed by atoms with E-state index >= 15 is 0 Å². The Morgan fingerprint density at radius 3 is 2.25 bits per heavy atom. The third-order valence-corrected chi connectivity index (χ3v) is 6.06. The predicted octanol–water partition coefficient (Wildman–Crippen LogP) is 3.00. The molecule has 1 amide bonds. The highest BCUT2D eigenvalue weighted by Gasteiger charge is 2.23. The van der Waals surface area contributed by atoms with Crippen molar-refractivity contribution in [3.63, 3.8) is 0 Å². The van der Waals surface area contributed by atoms with Gasteiger partial charge >= 0.3 is 5.97 Å². The molecule has 0 aliphatic heterocycles. The van der Waals surface area contributed by atoms with Crippen molar-refractivity contribution < 1.29 is 22.7 Å². The van der Waals surface area contributed by atoms with Gasteiger partial charge in [-0.3, -0.25) is 4.79 Å². The van der Waals surface area contributed by atoms with E-state index in [2.05, 4.69) is 5.32 Å². The summed E-state index contributed by atoms with van der Waals surface area (Å²) in [4.78, 5) is 24.0. The normalized spacial score (nSPS) is 11.4. The fourth-order valence-corrected chi connectivity index (χ4v) is 3.88. The molecule has 0 saturated carbocycles. The Balaban J connectivity index is 2.08. The van der Waals surface area contributed by atoms with Crippen molar-refractivity contribution in [2.45, 2.75) is 18.7 Å². The van der Waals surface area contributed by atoms with E-state index in [9.17, 15) is 18.0 Å². The molecule has 2 rings (SSSR count). The van der Waals surface area contributed by atoms with Gasteiger partial charge in [-0.25, -0.2) is 17.5 Å². The van der Waals surface area contributed by atoms with Crippen molar-refractivity contribution in [2.75, 3.05) is 26.0 Å². The molecular formula is C19H21ClN2O5S. The average molecular weight is 425 g/mol. The SMILES string of the molecule is Cc1cc(C)cc(NC(=O)COC(=O)c2ccc(Cl)c(S(=O)(=O)N(C)C)c2)c1. The molecule has 2 aromatic rings. The van der Waals surface area contributed by atoms with Gasteiger partial charge in [0.1, 0.15) is 4.90 Å². The third kappa shape index (κ3) is 5.31. The summed E-state index contributed by atoms with van der Waals surface area (Å²) in [6.45, 7) is 3.30. The minimum Gasteiger partial charge on any atom is -0.452 e. The quantitative estimate of drug-likeness (QED) is 0.719. The number of ether oxygens (including phenoxy) is 1. The van der Waals surface area contributed by atoms with E-state index < -0.39 is 28.5 Å². The Hall–Kier alpha value is -2.42. The lowest BCUT2D eigenvalue weighted by Crippen LogP contribution is -2.23. The Labute approximate surface area is 169 Å². The number of sulfonamides is 1.